The van der Waals surface area contributed by atoms with E-state index in [2.05, 4.69) is 25.8 Å². The Labute approximate surface area is 419 Å². The molecule has 1 fully saturated rings. The number of aryl methyl sites for hydroxylation is 3. The summed E-state index contributed by atoms with van der Waals surface area (Å²) >= 11 is 3.16. The van der Waals surface area contributed by atoms with E-state index in [1.54, 1.807) is 22.7 Å². The number of benzene rings is 3. The van der Waals surface area contributed by atoms with Crippen molar-refractivity contribution >= 4 is 58.0 Å². The van der Waals surface area contributed by atoms with Crippen molar-refractivity contribution in [3.63, 3.8) is 0 Å². The number of nitrogens with one attached hydrogen (secondary N) is 2. The van der Waals surface area contributed by atoms with E-state index in [9.17, 15) is 34.2 Å². The molecule has 4 amide bonds. The molecule has 368 valence electrons. The molecule has 3 aliphatic rings. The fourth-order valence-electron chi connectivity index (χ4n) is 9.76. The second kappa shape index (κ2) is 19.4. The summed E-state index contributed by atoms with van der Waals surface area (Å²) in [5, 5.41) is 36.1. The van der Waals surface area contributed by atoms with Crippen LogP contribution >= 0.6 is 22.7 Å². The molecule has 0 saturated carbocycles. The van der Waals surface area contributed by atoms with Crippen LogP contribution in [0.15, 0.2) is 77.2 Å². The highest BCUT2D eigenvalue weighted by atomic mass is 32.1. The van der Waals surface area contributed by atoms with Crippen molar-refractivity contribution in [3.8, 4) is 26.6 Å². The average Bonchev–Trinajstić information content (AvgIpc) is 4.10. The summed E-state index contributed by atoms with van der Waals surface area (Å²) in [6, 6.07) is 18.3. The molecule has 18 heteroatoms. The second-order valence-electron chi connectivity index (χ2n) is 19.8. The summed E-state index contributed by atoms with van der Waals surface area (Å²) in [7, 11) is 0. The molecule has 4 N–H and O–H groups in total. The molecule has 0 radical (unpaired) electrons. The number of carbonyl (C=O) groups excluding carboxylic acids is 4. The number of β-amino-alcohol motifs (C(OH)–C–C–N with tert-alkyl or cyclic N) is 1. The van der Waals surface area contributed by atoms with Gasteiger partial charge in [-0.3, -0.25) is 33.5 Å². The summed E-state index contributed by atoms with van der Waals surface area (Å²) in [6.07, 6.45) is -0.599. The first-order valence-electron chi connectivity index (χ1n) is 23.7. The highest BCUT2D eigenvalue weighted by molar-refractivity contribution is 7.15. The zero-order chi connectivity index (χ0) is 50.6. The largest absolute Gasteiger partial charge is 0.481 e. The van der Waals surface area contributed by atoms with Crippen molar-refractivity contribution in [2.24, 2.45) is 10.4 Å². The molecule has 6 aromatic rings. The molecule has 71 heavy (non-hydrogen) atoms. The highest BCUT2D eigenvalue weighted by Gasteiger charge is 2.45. The standard InChI is InChI=1S/C53H57N9O7S2/c1-27-30(4)71-52-44(27)45(56-40(23-43(65)66)48-59-58-31(5)62(48)52)35-14-11-33(12-15-35)37-18-13-34-19-20-60(50(68)39(34)21-37)25-42(64)57-47(53(6,7)8)51(69)61-24-38(63)22-41(61)49(67)55-28(2)32-9-16-36(17-10-32)46-29(3)54-26-70-46/h9-18,21,26,28,38,40-41,47,63H,19-20,22-25H2,1-8H3,(H,55,67)(H,57,64)(H,65,66)/t28?,38-,40+,41+,47?/m1/s1. The Bertz CT molecular complexity index is 3110. The molecule has 6 heterocycles. The molecule has 3 aliphatic heterocycles. The minimum atomic E-state index is -1.06. The molecule has 0 aliphatic carbocycles. The molecule has 0 spiro atoms. The van der Waals surface area contributed by atoms with E-state index in [0.29, 0.717) is 35.9 Å². The normalized spacial score (nSPS) is 18.5. The molecule has 9 rings (SSSR count). The number of rotatable bonds is 12. The maximum atomic E-state index is 14.4. The van der Waals surface area contributed by atoms with Crippen molar-refractivity contribution in [1.29, 1.82) is 0 Å². The first kappa shape index (κ1) is 49.1. The Kier molecular flexibility index (Phi) is 13.4. The minimum absolute atomic E-state index is 0.0530. The molecular formula is C53H57N9O7S2. The lowest BCUT2D eigenvalue weighted by Crippen LogP contribution is -2.59. The van der Waals surface area contributed by atoms with Crippen LogP contribution < -0.4 is 10.6 Å². The van der Waals surface area contributed by atoms with Gasteiger partial charge < -0.3 is 30.6 Å². The van der Waals surface area contributed by atoms with E-state index in [1.807, 2.05) is 132 Å². The lowest BCUT2D eigenvalue weighted by atomic mass is 9.85. The van der Waals surface area contributed by atoms with Crippen molar-refractivity contribution in [3.05, 3.63) is 128 Å². The van der Waals surface area contributed by atoms with Gasteiger partial charge in [0.25, 0.3) is 5.91 Å². The molecule has 16 nitrogen and oxygen atoms in total. The molecule has 5 atom stereocenters. The number of thiazole rings is 1. The third-order valence-electron chi connectivity index (χ3n) is 13.8. The smallest absolute Gasteiger partial charge is 0.306 e. The number of nitrogens with zero attached hydrogens (tertiary/aromatic N) is 7. The summed E-state index contributed by atoms with van der Waals surface area (Å²) in [6.45, 7) is 15.2. The number of thiophene rings is 1. The number of hydrogen-bond donors (Lipinski definition) is 4. The highest BCUT2D eigenvalue weighted by Crippen LogP contribution is 2.40. The van der Waals surface area contributed by atoms with Gasteiger partial charge in [0.05, 0.1) is 46.9 Å². The number of likely N-dealkylation sites (tertiary alicyclic amines) is 1. The monoisotopic (exact) mass is 995 g/mol. The van der Waals surface area contributed by atoms with Gasteiger partial charge in [-0.15, -0.1) is 32.9 Å². The quantitative estimate of drug-likeness (QED) is 0.0978. The number of aliphatic carboxylic acids is 1. The van der Waals surface area contributed by atoms with Crippen LogP contribution in [0.3, 0.4) is 0 Å². The average molecular weight is 996 g/mol. The van der Waals surface area contributed by atoms with Gasteiger partial charge in [-0.05, 0) is 85.9 Å². The Morgan fingerprint density at radius 1 is 0.901 bits per heavy atom. The number of hydrogen-bond acceptors (Lipinski definition) is 12. The maximum absolute atomic E-state index is 14.4. The summed E-state index contributed by atoms with van der Waals surface area (Å²) in [4.78, 5) is 82.8. The van der Waals surface area contributed by atoms with Crippen LogP contribution in [0.4, 0.5) is 0 Å². The number of carboxylic acid groups (broad SMARTS) is 1. The fraction of sp³-hybridized carbons (Fsp3) is 0.377. The second-order valence-corrected chi connectivity index (χ2v) is 21.9. The number of fused-ring (bicyclic) bond motifs is 4. The summed E-state index contributed by atoms with van der Waals surface area (Å²) in [5.41, 5.74) is 10.3. The van der Waals surface area contributed by atoms with E-state index >= 15 is 0 Å². The van der Waals surface area contributed by atoms with Gasteiger partial charge in [0.15, 0.2) is 5.82 Å². The third-order valence-corrected chi connectivity index (χ3v) is 15.9. The van der Waals surface area contributed by atoms with Gasteiger partial charge in [-0.25, -0.2) is 4.98 Å². The number of aromatic nitrogens is 4. The predicted octanol–water partition coefficient (Wildman–Crippen LogP) is 7.09. The van der Waals surface area contributed by atoms with E-state index in [1.165, 1.54) is 9.80 Å². The van der Waals surface area contributed by atoms with E-state index in [4.69, 9.17) is 4.99 Å². The SMILES string of the molecule is Cc1ncsc1-c1ccc(C(C)NC(=O)[C@@H]2C[C@@H](O)CN2C(=O)C(NC(=O)CN2CCc3ccc(-c4ccc(C5=N[C@@H](CC(=O)O)c6nnc(C)n6-c6sc(C)c(C)c65)cc4)cc3C2=O)C(C)(C)C)cc1. The van der Waals surface area contributed by atoms with Gasteiger partial charge in [-0.1, -0.05) is 81.4 Å². The number of amides is 4. The Morgan fingerprint density at radius 2 is 1.59 bits per heavy atom. The van der Waals surface area contributed by atoms with Crippen LogP contribution in [0.2, 0.25) is 0 Å². The molecule has 1 saturated heterocycles. The number of aliphatic hydroxyl groups excluding tert-OH is 1. The maximum Gasteiger partial charge on any atom is 0.306 e. The van der Waals surface area contributed by atoms with Crippen LogP contribution in [0, 0.1) is 33.1 Å². The van der Waals surface area contributed by atoms with Crippen molar-refractivity contribution in [1.82, 2.24) is 40.2 Å². The fourth-order valence-corrected chi connectivity index (χ4v) is 11.8. The van der Waals surface area contributed by atoms with Gasteiger partial charge >= 0.3 is 5.97 Å². The van der Waals surface area contributed by atoms with E-state index in [-0.39, 0.29) is 37.9 Å². The lowest BCUT2D eigenvalue weighted by molar-refractivity contribution is -0.144. The first-order chi connectivity index (χ1) is 33.8. The Morgan fingerprint density at radius 3 is 2.27 bits per heavy atom. The van der Waals surface area contributed by atoms with Gasteiger partial charge in [0.1, 0.15) is 29.0 Å². The Balaban J connectivity index is 0.878. The van der Waals surface area contributed by atoms with Crippen molar-refractivity contribution < 1.29 is 34.2 Å². The van der Waals surface area contributed by atoms with E-state index < -0.39 is 53.3 Å². The zero-order valence-corrected chi connectivity index (χ0v) is 42.6. The van der Waals surface area contributed by atoms with Gasteiger partial charge in [0.2, 0.25) is 17.7 Å². The van der Waals surface area contributed by atoms with Gasteiger partial charge in [0, 0.05) is 41.1 Å². The topological polar surface area (TPSA) is 212 Å². The number of aliphatic imine (C=N–C) groups is 1. The van der Waals surface area contributed by atoms with Crippen molar-refractivity contribution in [2.75, 3.05) is 19.6 Å². The molecule has 0 bridgehead atoms. The van der Waals surface area contributed by atoms with Crippen LogP contribution in [0.1, 0.15) is 113 Å². The van der Waals surface area contributed by atoms with Crippen molar-refractivity contribution in [2.45, 2.75) is 105 Å². The van der Waals surface area contributed by atoms with Gasteiger partial charge in [-0.2, -0.15) is 0 Å². The minimum Gasteiger partial charge on any atom is -0.481 e. The lowest BCUT2D eigenvalue weighted by Gasteiger charge is -2.36. The summed E-state index contributed by atoms with van der Waals surface area (Å²) in [5.74, 6) is -1.58. The Hall–Kier alpha value is -6.89. The van der Waals surface area contributed by atoms with Crippen LogP contribution in [-0.2, 0) is 25.6 Å². The van der Waals surface area contributed by atoms with Crippen LogP contribution in [-0.4, -0.2) is 113 Å². The molecular weight excluding hydrogens is 939 g/mol. The first-order valence-corrected chi connectivity index (χ1v) is 25.4. The van der Waals surface area contributed by atoms with Crippen LogP contribution in [0.25, 0.3) is 26.6 Å². The number of aliphatic hydroxyl groups is 1. The molecule has 3 aromatic heterocycles. The number of carboxylic acids is 1. The zero-order valence-electron chi connectivity index (χ0n) is 40.9. The molecule has 3 aromatic carbocycles. The summed E-state index contributed by atoms with van der Waals surface area (Å²) < 4.78 is 1.92. The van der Waals surface area contributed by atoms with Crippen LogP contribution in [0.5, 0.6) is 0 Å². The number of carbonyl (C=O) groups is 5. The predicted molar refractivity (Wildman–Crippen MR) is 272 cm³/mol. The van der Waals surface area contributed by atoms with E-state index in [0.717, 1.165) is 65.0 Å². The third kappa shape index (κ3) is 9.67. The molecule has 2 unspecified atom stereocenters.